The van der Waals surface area contributed by atoms with E-state index >= 15 is 0 Å². The van der Waals surface area contributed by atoms with Gasteiger partial charge in [0.25, 0.3) is 0 Å². The highest BCUT2D eigenvalue weighted by atomic mass is 35.5. The van der Waals surface area contributed by atoms with Crippen LogP contribution in [0.3, 0.4) is 0 Å². The molecule has 0 spiro atoms. The van der Waals surface area contributed by atoms with Crippen molar-refractivity contribution in [2.75, 3.05) is 20.3 Å². The van der Waals surface area contributed by atoms with Gasteiger partial charge in [0.1, 0.15) is 0 Å². The summed E-state index contributed by atoms with van der Waals surface area (Å²) in [6.45, 7) is 4.27. The second-order valence-corrected chi connectivity index (χ2v) is 10.5. The molecule has 2 heterocycles. The minimum absolute atomic E-state index is 0.232. The van der Waals surface area contributed by atoms with E-state index in [2.05, 4.69) is 15.5 Å². The third-order valence-corrected chi connectivity index (χ3v) is 7.49. The van der Waals surface area contributed by atoms with Gasteiger partial charge in [0.2, 0.25) is 5.88 Å². The van der Waals surface area contributed by atoms with Gasteiger partial charge < -0.3 is 19.5 Å². The number of halogens is 2. The fraction of sp³-hybridized carbons (Fsp3) is 0.323. The van der Waals surface area contributed by atoms with Crippen molar-refractivity contribution in [3.05, 3.63) is 92.7 Å². The highest BCUT2D eigenvalue weighted by molar-refractivity contribution is 6.36. The number of allylic oxidation sites excluding steroid dienone is 2. The Morgan fingerprint density at radius 1 is 0.854 bits per heavy atom. The van der Waals surface area contributed by atoms with E-state index < -0.39 is 17.9 Å². The number of aromatic nitrogens is 2. The van der Waals surface area contributed by atoms with Crippen LogP contribution in [0.15, 0.2) is 77.1 Å². The summed E-state index contributed by atoms with van der Waals surface area (Å²) in [5.74, 6) is -1.39. The summed E-state index contributed by atoms with van der Waals surface area (Å²) in [7, 11) is 1.29. The number of dihydropyridines is 1. The van der Waals surface area contributed by atoms with Gasteiger partial charge in [0.15, 0.2) is 0 Å². The summed E-state index contributed by atoms with van der Waals surface area (Å²) in [5, 5.41) is 11.0. The molecule has 3 aromatic rings. The Bertz CT molecular complexity index is 1430. The number of rotatable bonds is 12. The van der Waals surface area contributed by atoms with Gasteiger partial charge in [-0.2, -0.15) is 0 Å². The fourth-order valence-corrected chi connectivity index (χ4v) is 5.46. The Morgan fingerprint density at radius 3 is 2.15 bits per heavy atom. The van der Waals surface area contributed by atoms with E-state index in [1.807, 2.05) is 36.4 Å². The number of nitrogens with one attached hydrogen (secondary N) is 2. The lowest BCUT2D eigenvalue weighted by Crippen LogP contribution is -2.32. The minimum atomic E-state index is -0.834. The Kier molecular flexibility index (Phi) is 10.5. The second kappa shape index (κ2) is 14.2. The van der Waals surface area contributed by atoms with E-state index in [-0.39, 0.29) is 17.8 Å². The highest BCUT2D eigenvalue weighted by Crippen LogP contribution is 2.44. The maximum atomic E-state index is 13.4. The maximum Gasteiger partial charge on any atom is 0.336 e. The number of methoxy groups -OCH3 is 1. The number of carbonyl (C=O) groups is 2. The zero-order valence-electron chi connectivity index (χ0n) is 23.3. The topological polar surface area (TPSA) is 103 Å². The van der Waals surface area contributed by atoms with Crippen molar-refractivity contribution in [1.82, 2.24) is 15.5 Å². The highest BCUT2D eigenvalue weighted by Gasteiger charge is 2.39. The third-order valence-electron chi connectivity index (χ3n) is 6.83. The van der Waals surface area contributed by atoms with Crippen LogP contribution in [0.25, 0.3) is 11.3 Å². The standard InChI is InChI=1S/C31H33Cl2N3O5/c1-19-26(30(37)39-3)29(28-22(32)14-11-15-23(28)33)27(20(2)34-19)31(38)41-17-10-5-4-9-16-40-25-18-24(35-36-25)21-12-7-6-8-13-21/h6-8,11-15,18,29,34H,4-5,9-10,16-17H2,1-3H3,(H,35,36). The van der Waals surface area contributed by atoms with Crippen LogP contribution in [0.2, 0.25) is 10.0 Å². The molecule has 10 heteroatoms. The van der Waals surface area contributed by atoms with Crippen molar-refractivity contribution in [3.63, 3.8) is 0 Å². The first-order chi connectivity index (χ1) is 19.8. The van der Waals surface area contributed by atoms with E-state index in [9.17, 15) is 9.59 Å². The number of nitrogens with zero attached hydrogens (tertiary/aromatic N) is 1. The van der Waals surface area contributed by atoms with Crippen LogP contribution >= 0.6 is 23.2 Å². The van der Waals surface area contributed by atoms with Gasteiger partial charge in [-0.25, -0.2) is 9.59 Å². The average Bonchev–Trinajstić information content (AvgIpc) is 3.43. The number of aromatic amines is 1. The third kappa shape index (κ3) is 7.31. The van der Waals surface area contributed by atoms with Crippen molar-refractivity contribution in [3.8, 4) is 17.1 Å². The smallest absolute Gasteiger partial charge is 0.336 e. The number of H-pyrrole nitrogens is 1. The second-order valence-electron chi connectivity index (χ2n) is 9.65. The maximum absolute atomic E-state index is 13.4. The number of unbranched alkanes of at least 4 members (excludes halogenated alkanes) is 3. The zero-order chi connectivity index (χ0) is 29.4. The van der Waals surface area contributed by atoms with Gasteiger partial charge >= 0.3 is 11.9 Å². The van der Waals surface area contributed by atoms with Crippen LogP contribution in [0.5, 0.6) is 5.88 Å². The van der Waals surface area contributed by atoms with E-state index in [0.29, 0.717) is 45.9 Å². The van der Waals surface area contributed by atoms with Crippen molar-refractivity contribution >= 4 is 35.1 Å². The van der Waals surface area contributed by atoms with Gasteiger partial charge in [0, 0.05) is 33.1 Å². The Hall–Kier alpha value is -3.75. The van der Waals surface area contributed by atoms with Crippen LogP contribution in [0.4, 0.5) is 0 Å². The minimum Gasteiger partial charge on any atom is -0.477 e. The summed E-state index contributed by atoms with van der Waals surface area (Å²) in [5.41, 5.74) is 4.06. The molecule has 1 aromatic heterocycles. The van der Waals surface area contributed by atoms with Crippen LogP contribution < -0.4 is 10.1 Å². The lowest BCUT2D eigenvalue weighted by molar-refractivity contribution is -0.139. The Balaban J connectivity index is 1.29. The molecule has 1 aliphatic heterocycles. The first-order valence-electron chi connectivity index (χ1n) is 13.4. The van der Waals surface area contributed by atoms with Crippen molar-refractivity contribution < 1.29 is 23.8 Å². The molecule has 0 radical (unpaired) electrons. The molecular weight excluding hydrogens is 565 g/mol. The lowest BCUT2D eigenvalue weighted by Gasteiger charge is -2.31. The number of ether oxygens (including phenoxy) is 3. The van der Waals surface area contributed by atoms with Gasteiger partial charge in [-0.3, -0.25) is 5.10 Å². The van der Waals surface area contributed by atoms with Gasteiger partial charge in [-0.1, -0.05) is 59.6 Å². The Morgan fingerprint density at radius 2 is 1.49 bits per heavy atom. The predicted octanol–water partition coefficient (Wildman–Crippen LogP) is 6.97. The lowest BCUT2D eigenvalue weighted by atomic mass is 9.80. The summed E-state index contributed by atoms with van der Waals surface area (Å²) in [6.07, 6.45) is 3.29. The van der Waals surface area contributed by atoms with E-state index in [1.54, 1.807) is 32.0 Å². The summed E-state index contributed by atoms with van der Waals surface area (Å²) >= 11 is 13.1. The van der Waals surface area contributed by atoms with E-state index in [4.69, 9.17) is 37.4 Å². The van der Waals surface area contributed by atoms with E-state index in [0.717, 1.165) is 30.5 Å². The molecular formula is C31H33Cl2N3O5. The fourth-order valence-electron chi connectivity index (χ4n) is 4.84. The number of esters is 2. The monoisotopic (exact) mass is 597 g/mol. The molecule has 0 fully saturated rings. The summed E-state index contributed by atoms with van der Waals surface area (Å²) in [6, 6.07) is 16.9. The Labute approximate surface area is 249 Å². The molecule has 0 amide bonds. The first-order valence-corrected chi connectivity index (χ1v) is 14.2. The van der Waals surface area contributed by atoms with Crippen molar-refractivity contribution in [1.29, 1.82) is 0 Å². The molecule has 41 heavy (non-hydrogen) atoms. The summed E-state index contributed by atoms with van der Waals surface area (Å²) in [4.78, 5) is 26.2. The van der Waals surface area contributed by atoms with Crippen LogP contribution in [0.1, 0.15) is 51.0 Å². The molecule has 0 saturated carbocycles. The van der Waals surface area contributed by atoms with E-state index in [1.165, 1.54) is 7.11 Å². The first kappa shape index (κ1) is 30.2. The number of carbonyl (C=O) groups excluding carboxylic acids is 2. The van der Waals surface area contributed by atoms with Crippen LogP contribution in [-0.2, 0) is 19.1 Å². The van der Waals surface area contributed by atoms with Gasteiger partial charge in [0.05, 0.1) is 43.1 Å². The molecule has 4 rings (SSSR count). The number of benzene rings is 2. The quantitative estimate of drug-likeness (QED) is 0.171. The van der Waals surface area contributed by atoms with Crippen LogP contribution in [0, 0.1) is 0 Å². The van der Waals surface area contributed by atoms with Crippen molar-refractivity contribution in [2.45, 2.75) is 45.4 Å². The molecule has 1 unspecified atom stereocenters. The molecule has 1 atom stereocenters. The number of hydrogen-bond donors (Lipinski definition) is 2. The van der Waals surface area contributed by atoms with Gasteiger partial charge in [-0.15, -0.1) is 5.10 Å². The molecule has 0 bridgehead atoms. The molecule has 2 aromatic carbocycles. The molecule has 0 aliphatic carbocycles. The normalized spacial score (nSPS) is 15.0. The van der Waals surface area contributed by atoms with Crippen molar-refractivity contribution in [2.24, 2.45) is 0 Å². The molecule has 8 nitrogen and oxygen atoms in total. The number of hydrogen-bond acceptors (Lipinski definition) is 7. The SMILES string of the molecule is COC(=O)C1=C(C)NC(C)=C(C(=O)OCCCCCCOc2cc(-c3ccccc3)[nH]n2)C1c1c(Cl)cccc1Cl. The van der Waals surface area contributed by atoms with Crippen LogP contribution in [-0.4, -0.2) is 42.5 Å². The average molecular weight is 599 g/mol. The predicted molar refractivity (Wildman–Crippen MR) is 159 cm³/mol. The molecule has 216 valence electrons. The molecule has 0 saturated heterocycles. The zero-order valence-corrected chi connectivity index (χ0v) is 24.8. The summed E-state index contributed by atoms with van der Waals surface area (Å²) < 4.78 is 16.5. The molecule has 1 aliphatic rings. The van der Waals surface area contributed by atoms with Gasteiger partial charge in [-0.05, 0) is 57.2 Å². The largest absolute Gasteiger partial charge is 0.477 e. The molecule has 2 N–H and O–H groups in total.